The van der Waals surface area contributed by atoms with Crippen LogP contribution < -0.4 is 5.73 Å². The summed E-state index contributed by atoms with van der Waals surface area (Å²) in [6.45, 7) is 3.97. The van der Waals surface area contributed by atoms with Gasteiger partial charge in [-0.1, -0.05) is 30.3 Å². The Morgan fingerprint density at radius 2 is 1.88 bits per heavy atom. The molecule has 1 saturated heterocycles. The fourth-order valence-electron chi connectivity index (χ4n) is 5.77. The highest BCUT2D eigenvalue weighted by atomic mass is 16.6. The predicted molar refractivity (Wildman–Crippen MR) is 121 cm³/mol. The zero-order valence-electron chi connectivity index (χ0n) is 18.5. The van der Waals surface area contributed by atoms with E-state index in [2.05, 4.69) is 17.1 Å². The van der Waals surface area contributed by atoms with E-state index in [0.29, 0.717) is 10.1 Å². The first kappa shape index (κ1) is 20.7. The molecule has 0 bridgehead atoms. The average molecular weight is 434 g/mol. The normalized spacial score (nSPS) is 32.9. The van der Waals surface area contributed by atoms with E-state index in [4.69, 9.17) is 10.5 Å². The van der Waals surface area contributed by atoms with Crippen LogP contribution in [-0.4, -0.2) is 44.9 Å². The number of ether oxygens (including phenoxy) is 1. The number of benzene rings is 1. The van der Waals surface area contributed by atoms with Crippen LogP contribution in [0.25, 0.3) is 0 Å². The van der Waals surface area contributed by atoms with Crippen LogP contribution in [0.1, 0.15) is 51.1 Å². The third-order valence-corrected chi connectivity index (χ3v) is 7.24. The van der Waals surface area contributed by atoms with Crippen molar-refractivity contribution in [3.63, 3.8) is 0 Å². The molecule has 5 rings (SSSR count). The predicted octanol–water partition coefficient (Wildman–Crippen LogP) is 3.91. The SMILES string of the molecule is CC1(C)OC(=O)N(C2CCC([N+]34C=CN=C3C=CC(C(N)=O)=C4)CC2)[C@H]1c1ccccc1. The Morgan fingerprint density at radius 3 is 2.56 bits per heavy atom. The number of aliphatic imine (C=N–C) groups is 1. The van der Waals surface area contributed by atoms with Crippen molar-refractivity contribution in [1.82, 2.24) is 4.90 Å². The van der Waals surface area contributed by atoms with Crippen LogP contribution in [0.2, 0.25) is 0 Å². The summed E-state index contributed by atoms with van der Waals surface area (Å²) in [7, 11) is 0. The molecule has 7 nitrogen and oxygen atoms in total. The number of nitrogens with two attached hydrogens (primary N) is 1. The molecule has 4 aliphatic rings. The molecule has 0 radical (unpaired) electrons. The van der Waals surface area contributed by atoms with Crippen LogP contribution in [0.15, 0.2) is 71.6 Å². The number of nitrogens with zero attached hydrogens (tertiary/aromatic N) is 3. The van der Waals surface area contributed by atoms with Crippen molar-refractivity contribution in [3.05, 3.63) is 72.2 Å². The van der Waals surface area contributed by atoms with Crippen molar-refractivity contribution in [2.75, 3.05) is 0 Å². The second-order valence-electron chi connectivity index (χ2n) is 9.56. The summed E-state index contributed by atoms with van der Waals surface area (Å²) in [5, 5.41) is 0. The number of carbonyl (C=O) groups excluding carboxylic acids is 2. The van der Waals surface area contributed by atoms with E-state index in [-0.39, 0.29) is 24.2 Å². The van der Waals surface area contributed by atoms with Crippen molar-refractivity contribution in [3.8, 4) is 0 Å². The molecule has 166 valence electrons. The first-order valence-electron chi connectivity index (χ1n) is 11.2. The van der Waals surface area contributed by atoms with E-state index in [9.17, 15) is 9.59 Å². The smallest absolute Gasteiger partial charge is 0.411 e. The minimum absolute atomic E-state index is 0.107. The van der Waals surface area contributed by atoms with E-state index in [1.54, 1.807) is 12.3 Å². The number of amidine groups is 1. The Labute approximate surface area is 188 Å². The fraction of sp³-hybridized carbons (Fsp3) is 0.400. The molecular formula is C25H29N4O3+. The molecule has 2 fully saturated rings. The highest BCUT2D eigenvalue weighted by molar-refractivity contribution is 6.00. The Hall–Kier alpha value is -3.19. The topological polar surface area (TPSA) is 85.0 Å². The van der Waals surface area contributed by atoms with Crippen molar-refractivity contribution >= 4 is 17.8 Å². The maximum absolute atomic E-state index is 13.0. The molecular weight excluding hydrogens is 404 g/mol. The zero-order chi connectivity index (χ0) is 22.5. The molecule has 2 atom stereocenters. The van der Waals surface area contributed by atoms with Crippen LogP contribution in [0.3, 0.4) is 0 Å². The maximum Gasteiger partial charge on any atom is 0.411 e. The minimum atomic E-state index is -0.592. The maximum atomic E-state index is 13.0. The number of rotatable bonds is 4. The van der Waals surface area contributed by atoms with Gasteiger partial charge >= 0.3 is 6.09 Å². The molecule has 1 aliphatic carbocycles. The Bertz CT molecular complexity index is 1060. The second kappa shape index (κ2) is 7.45. The lowest BCUT2D eigenvalue weighted by Crippen LogP contribution is -2.54. The molecule has 0 spiro atoms. The summed E-state index contributed by atoms with van der Waals surface area (Å²) in [5.74, 6) is 0.474. The molecule has 2 amide bonds. The van der Waals surface area contributed by atoms with Crippen molar-refractivity contribution in [2.24, 2.45) is 10.7 Å². The van der Waals surface area contributed by atoms with Crippen molar-refractivity contribution < 1.29 is 18.8 Å². The average Bonchev–Trinajstić information content (AvgIpc) is 3.31. The second-order valence-corrected chi connectivity index (χ2v) is 9.56. The molecule has 32 heavy (non-hydrogen) atoms. The number of cyclic esters (lactones) is 1. The molecule has 3 heterocycles. The molecule has 1 aromatic carbocycles. The van der Waals surface area contributed by atoms with Crippen LogP contribution in [-0.2, 0) is 9.53 Å². The van der Waals surface area contributed by atoms with Gasteiger partial charge in [-0.3, -0.25) is 9.69 Å². The summed E-state index contributed by atoms with van der Waals surface area (Å²) in [5.41, 5.74) is 6.57. The third kappa shape index (κ3) is 3.19. The third-order valence-electron chi connectivity index (χ3n) is 7.24. The highest BCUT2D eigenvalue weighted by Gasteiger charge is 2.53. The van der Waals surface area contributed by atoms with E-state index in [1.165, 1.54) is 0 Å². The van der Waals surface area contributed by atoms with Gasteiger partial charge in [0.15, 0.2) is 0 Å². The summed E-state index contributed by atoms with van der Waals surface area (Å²) in [4.78, 5) is 31.3. The van der Waals surface area contributed by atoms with Gasteiger partial charge in [0.25, 0.3) is 5.91 Å². The summed E-state index contributed by atoms with van der Waals surface area (Å²) < 4.78 is 6.25. The van der Waals surface area contributed by atoms with Crippen LogP contribution in [0.5, 0.6) is 0 Å². The molecule has 1 saturated carbocycles. The summed E-state index contributed by atoms with van der Waals surface area (Å²) in [6.07, 6.45) is 12.7. The molecule has 0 aromatic heterocycles. The lowest BCUT2D eigenvalue weighted by Gasteiger charge is -2.43. The number of hydrogen-bond donors (Lipinski definition) is 1. The Kier molecular flexibility index (Phi) is 4.82. The van der Waals surface area contributed by atoms with Crippen LogP contribution in [0.4, 0.5) is 4.79 Å². The van der Waals surface area contributed by atoms with Crippen molar-refractivity contribution in [2.45, 2.75) is 63.3 Å². The highest BCUT2D eigenvalue weighted by Crippen LogP contribution is 2.46. The fourth-order valence-corrected chi connectivity index (χ4v) is 5.77. The van der Waals surface area contributed by atoms with E-state index in [0.717, 1.165) is 37.1 Å². The summed E-state index contributed by atoms with van der Waals surface area (Å²) in [6, 6.07) is 10.4. The first-order valence-corrected chi connectivity index (χ1v) is 11.2. The van der Waals surface area contributed by atoms with Gasteiger partial charge in [0, 0.05) is 25.0 Å². The standard InChI is InChI=1S/C25H28N4O3/c1-25(2)22(17-6-4-3-5-7-17)28(24(31)32-25)19-9-11-20(12-10-19)29-15-14-27-21(29)13-8-18(16-29)23(26)30/h3-8,13-16,19-20,22H,9-12H2,1-2H3,(H-,26,30)/p+1/t19?,20?,22-,29?/m0/s1. The van der Waals surface area contributed by atoms with E-state index < -0.39 is 11.5 Å². The molecule has 7 heteroatoms. The van der Waals surface area contributed by atoms with Gasteiger partial charge in [-0.15, -0.1) is 0 Å². The van der Waals surface area contributed by atoms with E-state index >= 15 is 0 Å². The number of quaternary nitrogens is 1. The lowest BCUT2D eigenvalue weighted by molar-refractivity contribution is -0.762. The number of amides is 2. The number of hydrogen-bond acceptors (Lipinski definition) is 4. The molecule has 1 aromatic rings. The van der Waals surface area contributed by atoms with Gasteiger partial charge < -0.3 is 10.5 Å². The van der Waals surface area contributed by atoms with E-state index in [1.807, 2.05) is 55.4 Å². The minimum Gasteiger partial charge on any atom is -0.441 e. The number of carbonyl (C=O) groups is 2. The van der Waals surface area contributed by atoms with Crippen LogP contribution in [0, 0.1) is 0 Å². The van der Waals surface area contributed by atoms with Gasteiger partial charge in [0.05, 0.1) is 17.8 Å². The van der Waals surface area contributed by atoms with Gasteiger partial charge in [0.2, 0.25) is 5.84 Å². The van der Waals surface area contributed by atoms with Gasteiger partial charge in [-0.25, -0.2) is 9.28 Å². The Morgan fingerprint density at radius 1 is 1.16 bits per heavy atom. The van der Waals surface area contributed by atoms with Gasteiger partial charge in [0.1, 0.15) is 24.0 Å². The zero-order valence-corrected chi connectivity index (χ0v) is 18.5. The lowest BCUT2D eigenvalue weighted by atomic mass is 9.84. The molecule has 2 N–H and O–H groups in total. The van der Waals surface area contributed by atoms with Crippen LogP contribution >= 0.6 is 0 Å². The molecule has 3 aliphatic heterocycles. The largest absolute Gasteiger partial charge is 0.441 e. The van der Waals surface area contributed by atoms with Gasteiger partial charge in [-0.2, -0.15) is 4.99 Å². The monoisotopic (exact) mass is 433 g/mol. The quantitative estimate of drug-likeness (QED) is 0.731. The molecule has 1 unspecified atom stereocenters. The number of primary amides is 1. The van der Waals surface area contributed by atoms with Crippen molar-refractivity contribution in [1.29, 1.82) is 0 Å². The Balaban J connectivity index is 1.38. The number of fused-ring (bicyclic) bond motifs is 1. The van der Waals surface area contributed by atoms with Gasteiger partial charge in [-0.05, 0) is 38.3 Å². The summed E-state index contributed by atoms with van der Waals surface area (Å²) >= 11 is 0. The first-order chi connectivity index (χ1) is 15.3.